The first-order chi connectivity index (χ1) is 12.6. The van der Waals surface area contributed by atoms with Crippen molar-refractivity contribution in [3.63, 3.8) is 0 Å². The summed E-state index contributed by atoms with van der Waals surface area (Å²) in [5, 5.41) is 8.70. The van der Waals surface area contributed by atoms with E-state index in [2.05, 4.69) is 10.5 Å². The second-order valence-corrected chi connectivity index (χ2v) is 11.2. The van der Waals surface area contributed by atoms with E-state index in [-0.39, 0.29) is 35.4 Å². The largest absolute Gasteiger partial charge is 0.338 e. The maximum absolute atomic E-state index is 12.5. The van der Waals surface area contributed by atoms with Gasteiger partial charge in [-0.3, -0.25) is 15.0 Å². The third kappa shape index (κ3) is 5.40. The molecule has 0 spiro atoms. The Labute approximate surface area is 163 Å². The first kappa shape index (κ1) is 20.0. The standard InChI is InChI=1S/C18H25N3O4S2/c1-18(2,3)15-9-17(25-20-15)19-16(22)11-21(10-14-5-4-7-26-14)13-6-8-27(23,24)12-13/h4-5,7,9,13H,6,8,10-12H2,1-3H3,(H,19,22). The molecule has 1 N–H and O–H groups in total. The Morgan fingerprint density at radius 1 is 1.44 bits per heavy atom. The summed E-state index contributed by atoms with van der Waals surface area (Å²) in [6.45, 7) is 6.69. The van der Waals surface area contributed by atoms with Gasteiger partial charge in [-0.15, -0.1) is 11.3 Å². The number of nitrogens with zero attached hydrogens (tertiary/aromatic N) is 2. The summed E-state index contributed by atoms with van der Waals surface area (Å²) in [6.07, 6.45) is 0.553. The third-order valence-electron chi connectivity index (χ3n) is 4.55. The first-order valence-corrected chi connectivity index (χ1v) is 11.6. The van der Waals surface area contributed by atoms with E-state index in [4.69, 9.17) is 4.52 Å². The summed E-state index contributed by atoms with van der Waals surface area (Å²) < 4.78 is 29.0. The topological polar surface area (TPSA) is 92.5 Å². The number of amides is 1. The lowest BCUT2D eigenvalue weighted by Gasteiger charge is -2.26. The number of carbonyl (C=O) groups excluding carboxylic acids is 1. The second kappa shape index (κ2) is 7.73. The molecule has 1 aliphatic rings. The molecule has 0 aliphatic carbocycles. The van der Waals surface area contributed by atoms with E-state index in [0.717, 1.165) is 10.6 Å². The van der Waals surface area contributed by atoms with Crippen LogP contribution in [0.3, 0.4) is 0 Å². The highest BCUT2D eigenvalue weighted by atomic mass is 32.2. The van der Waals surface area contributed by atoms with Gasteiger partial charge in [-0.05, 0) is 17.9 Å². The van der Waals surface area contributed by atoms with Crippen LogP contribution in [0.15, 0.2) is 28.1 Å². The summed E-state index contributed by atoms with van der Waals surface area (Å²) in [5.74, 6) is 0.340. The Balaban J connectivity index is 1.67. The number of thiophene rings is 1. The highest BCUT2D eigenvalue weighted by Crippen LogP contribution is 2.24. The molecule has 9 heteroatoms. The minimum atomic E-state index is -3.03. The van der Waals surface area contributed by atoms with Gasteiger partial charge < -0.3 is 4.52 Å². The van der Waals surface area contributed by atoms with Crippen LogP contribution in [0.1, 0.15) is 37.8 Å². The van der Waals surface area contributed by atoms with Gasteiger partial charge in [-0.25, -0.2) is 8.42 Å². The van der Waals surface area contributed by atoms with Crippen molar-refractivity contribution in [1.82, 2.24) is 10.1 Å². The average Bonchev–Trinajstić information content (AvgIpc) is 3.27. The van der Waals surface area contributed by atoms with Crippen molar-refractivity contribution in [1.29, 1.82) is 0 Å². The molecule has 1 atom stereocenters. The van der Waals surface area contributed by atoms with Gasteiger partial charge in [-0.2, -0.15) is 0 Å². The summed E-state index contributed by atoms with van der Waals surface area (Å²) >= 11 is 1.60. The monoisotopic (exact) mass is 411 g/mol. The summed E-state index contributed by atoms with van der Waals surface area (Å²) in [7, 11) is -3.03. The zero-order valence-corrected chi connectivity index (χ0v) is 17.4. The minimum Gasteiger partial charge on any atom is -0.338 e. The Kier molecular flexibility index (Phi) is 5.73. The van der Waals surface area contributed by atoms with Crippen molar-refractivity contribution in [2.24, 2.45) is 0 Å². The SMILES string of the molecule is CC(C)(C)c1cc(NC(=O)CN(Cc2cccs2)C2CCS(=O)(=O)C2)on1. The molecule has 3 heterocycles. The van der Waals surface area contributed by atoms with Gasteiger partial charge in [0.2, 0.25) is 11.8 Å². The van der Waals surface area contributed by atoms with Gasteiger partial charge in [-0.1, -0.05) is 32.0 Å². The molecule has 3 rings (SSSR count). The van der Waals surface area contributed by atoms with E-state index in [9.17, 15) is 13.2 Å². The normalized spacial score (nSPS) is 19.5. The van der Waals surface area contributed by atoms with E-state index in [1.165, 1.54) is 0 Å². The van der Waals surface area contributed by atoms with Crippen LogP contribution in [-0.4, -0.2) is 48.5 Å². The number of sulfone groups is 1. The number of aromatic nitrogens is 1. The summed E-state index contributed by atoms with van der Waals surface area (Å²) in [4.78, 5) is 15.6. The molecule has 0 aromatic carbocycles. The first-order valence-electron chi connectivity index (χ1n) is 8.86. The van der Waals surface area contributed by atoms with Gasteiger partial charge in [0.05, 0.1) is 23.7 Å². The number of rotatable bonds is 6. The molecule has 2 aromatic rings. The van der Waals surface area contributed by atoms with E-state index in [0.29, 0.717) is 18.8 Å². The molecule has 0 radical (unpaired) electrons. The van der Waals surface area contributed by atoms with Crippen LogP contribution in [0, 0.1) is 0 Å². The Bertz CT molecular complexity index is 882. The van der Waals surface area contributed by atoms with Crippen LogP contribution in [0.4, 0.5) is 5.88 Å². The highest BCUT2D eigenvalue weighted by Gasteiger charge is 2.33. The van der Waals surface area contributed by atoms with Gasteiger partial charge in [0.25, 0.3) is 0 Å². The predicted octanol–water partition coefficient (Wildman–Crippen LogP) is 2.66. The van der Waals surface area contributed by atoms with Crippen molar-refractivity contribution in [2.75, 3.05) is 23.4 Å². The predicted molar refractivity (Wildman–Crippen MR) is 106 cm³/mol. The maximum Gasteiger partial charge on any atom is 0.240 e. The molecule has 1 aliphatic heterocycles. The maximum atomic E-state index is 12.5. The van der Waals surface area contributed by atoms with Gasteiger partial charge in [0.1, 0.15) is 0 Å². The Hall–Kier alpha value is -1.71. The Morgan fingerprint density at radius 3 is 2.78 bits per heavy atom. The molecule has 2 aromatic heterocycles. The van der Waals surface area contributed by atoms with Crippen LogP contribution < -0.4 is 5.32 Å². The van der Waals surface area contributed by atoms with Gasteiger partial charge in [0.15, 0.2) is 9.84 Å². The third-order valence-corrected chi connectivity index (χ3v) is 7.16. The molecular formula is C18H25N3O4S2. The Morgan fingerprint density at radius 2 is 2.22 bits per heavy atom. The highest BCUT2D eigenvalue weighted by molar-refractivity contribution is 7.91. The van der Waals surface area contributed by atoms with Crippen molar-refractivity contribution in [3.05, 3.63) is 34.2 Å². The lowest BCUT2D eigenvalue weighted by Crippen LogP contribution is -2.41. The second-order valence-electron chi connectivity index (χ2n) is 7.92. The van der Waals surface area contributed by atoms with Crippen LogP contribution >= 0.6 is 11.3 Å². The van der Waals surface area contributed by atoms with Gasteiger partial charge >= 0.3 is 0 Å². The van der Waals surface area contributed by atoms with Crippen molar-refractivity contribution in [3.8, 4) is 0 Å². The summed E-state index contributed by atoms with van der Waals surface area (Å²) in [6, 6.07) is 5.52. The zero-order valence-electron chi connectivity index (χ0n) is 15.8. The van der Waals surface area contributed by atoms with Crippen LogP contribution in [0.25, 0.3) is 0 Å². The van der Waals surface area contributed by atoms with E-state index in [1.807, 2.05) is 43.2 Å². The average molecular weight is 412 g/mol. The molecular weight excluding hydrogens is 386 g/mol. The molecule has 1 amide bonds. The minimum absolute atomic E-state index is 0.0993. The van der Waals surface area contributed by atoms with Crippen LogP contribution in [0.5, 0.6) is 0 Å². The quantitative estimate of drug-likeness (QED) is 0.786. The van der Waals surface area contributed by atoms with Crippen LogP contribution in [0.2, 0.25) is 0 Å². The fraction of sp³-hybridized carbons (Fsp3) is 0.556. The van der Waals surface area contributed by atoms with Crippen molar-refractivity contribution < 1.29 is 17.7 Å². The molecule has 0 bridgehead atoms. The molecule has 7 nitrogen and oxygen atoms in total. The van der Waals surface area contributed by atoms with Gasteiger partial charge in [0, 0.05) is 28.9 Å². The van der Waals surface area contributed by atoms with Crippen molar-refractivity contribution in [2.45, 2.75) is 45.2 Å². The van der Waals surface area contributed by atoms with E-state index >= 15 is 0 Å². The summed E-state index contributed by atoms with van der Waals surface area (Å²) in [5.41, 5.74) is 0.589. The lowest BCUT2D eigenvalue weighted by molar-refractivity contribution is -0.118. The molecule has 27 heavy (non-hydrogen) atoms. The van der Waals surface area contributed by atoms with Crippen molar-refractivity contribution >= 4 is 33.0 Å². The molecule has 1 saturated heterocycles. The number of hydrogen-bond donors (Lipinski definition) is 1. The number of anilines is 1. The number of nitrogens with one attached hydrogen (secondary N) is 1. The zero-order chi connectivity index (χ0) is 19.7. The molecule has 0 saturated carbocycles. The lowest BCUT2D eigenvalue weighted by atomic mass is 9.92. The molecule has 148 valence electrons. The number of hydrogen-bond acceptors (Lipinski definition) is 7. The van der Waals surface area contributed by atoms with E-state index < -0.39 is 9.84 Å². The van der Waals surface area contributed by atoms with Crippen LogP contribution in [-0.2, 0) is 26.6 Å². The fourth-order valence-corrected chi connectivity index (χ4v) is 5.52. The smallest absolute Gasteiger partial charge is 0.240 e. The number of carbonyl (C=O) groups is 1. The fourth-order valence-electron chi connectivity index (χ4n) is 3.03. The molecule has 1 fully saturated rings. The molecule has 1 unspecified atom stereocenters. The van der Waals surface area contributed by atoms with E-state index in [1.54, 1.807) is 17.4 Å².